The number of likely N-dealkylation sites (tertiary alicyclic amines) is 2. The molecule has 5 heteroatoms. The molecule has 118 valence electrons. The van der Waals surface area contributed by atoms with E-state index in [1.807, 2.05) is 37.2 Å². The van der Waals surface area contributed by atoms with Crippen molar-refractivity contribution in [3.63, 3.8) is 0 Å². The van der Waals surface area contributed by atoms with Crippen LogP contribution in [0.3, 0.4) is 0 Å². The second-order valence-electron chi connectivity index (χ2n) is 6.52. The van der Waals surface area contributed by atoms with Crippen molar-refractivity contribution in [1.82, 2.24) is 14.7 Å². The highest BCUT2D eigenvalue weighted by molar-refractivity contribution is 6.05. The molecule has 2 heterocycles. The number of amides is 2. The van der Waals surface area contributed by atoms with Gasteiger partial charge in [0.15, 0.2) is 0 Å². The van der Waals surface area contributed by atoms with Gasteiger partial charge in [-0.25, -0.2) is 0 Å². The Hall–Kier alpha value is -1.72. The minimum atomic E-state index is -0.140. The second kappa shape index (κ2) is 6.18. The van der Waals surface area contributed by atoms with Crippen molar-refractivity contribution in [2.24, 2.45) is 11.8 Å². The lowest BCUT2D eigenvalue weighted by Gasteiger charge is -2.21. The fourth-order valence-electron chi connectivity index (χ4n) is 3.39. The van der Waals surface area contributed by atoms with Crippen LogP contribution in [0.5, 0.6) is 0 Å². The number of rotatable bonds is 5. The van der Waals surface area contributed by atoms with E-state index in [1.54, 1.807) is 0 Å². The van der Waals surface area contributed by atoms with Gasteiger partial charge >= 0.3 is 0 Å². The number of likely N-dealkylation sites (N-methyl/N-ethyl adjacent to an activating group) is 1. The fraction of sp³-hybridized carbons (Fsp3) is 0.529. The van der Waals surface area contributed by atoms with Crippen molar-refractivity contribution in [2.75, 3.05) is 40.3 Å². The van der Waals surface area contributed by atoms with Crippen LogP contribution in [0.25, 0.3) is 0 Å². The zero-order chi connectivity index (χ0) is 15.7. The van der Waals surface area contributed by atoms with Crippen molar-refractivity contribution >= 4 is 11.8 Å². The first-order chi connectivity index (χ1) is 10.6. The average Bonchev–Trinajstić information content (AvgIpc) is 2.99. The van der Waals surface area contributed by atoms with E-state index in [9.17, 15) is 9.59 Å². The number of hydrogen-bond donors (Lipinski definition) is 0. The van der Waals surface area contributed by atoms with Crippen LogP contribution >= 0.6 is 0 Å². The van der Waals surface area contributed by atoms with Gasteiger partial charge in [0.1, 0.15) is 0 Å². The van der Waals surface area contributed by atoms with Crippen LogP contribution in [0, 0.1) is 11.8 Å². The van der Waals surface area contributed by atoms with E-state index in [2.05, 4.69) is 17.0 Å². The van der Waals surface area contributed by atoms with Gasteiger partial charge in [0, 0.05) is 32.7 Å². The van der Waals surface area contributed by atoms with Crippen LogP contribution < -0.4 is 0 Å². The molecule has 2 amide bonds. The highest BCUT2D eigenvalue weighted by Gasteiger charge is 2.51. The number of imide groups is 1. The van der Waals surface area contributed by atoms with E-state index in [0.717, 1.165) is 13.1 Å². The van der Waals surface area contributed by atoms with E-state index in [0.29, 0.717) is 19.6 Å². The lowest BCUT2D eigenvalue weighted by Crippen LogP contribution is -2.39. The Bertz CT molecular complexity index is 534. The van der Waals surface area contributed by atoms with Gasteiger partial charge in [-0.1, -0.05) is 30.3 Å². The van der Waals surface area contributed by atoms with E-state index in [1.165, 1.54) is 10.5 Å². The second-order valence-corrected chi connectivity index (χ2v) is 6.52. The molecule has 1 aromatic rings. The molecule has 2 saturated heterocycles. The van der Waals surface area contributed by atoms with Crippen LogP contribution in [0.1, 0.15) is 5.56 Å². The number of hydrogen-bond acceptors (Lipinski definition) is 4. The lowest BCUT2D eigenvalue weighted by molar-refractivity contribution is -0.140. The summed E-state index contributed by atoms with van der Waals surface area (Å²) in [7, 11) is 3.90. The van der Waals surface area contributed by atoms with Gasteiger partial charge < -0.3 is 4.90 Å². The van der Waals surface area contributed by atoms with E-state index in [-0.39, 0.29) is 23.7 Å². The minimum absolute atomic E-state index is 0.0208. The normalized spacial score (nSPS) is 25.3. The maximum Gasteiger partial charge on any atom is 0.234 e. The van der Waals surface area contributed by atoms with Crippen LogP contribution in [0.4, 0.5) is 0 Å². The van der Waals surface area contributed by atoms with E-state index < -0.39 is 0 Å². The van der Waals surface area contributed by atoms with Gasteiger partial charge in [0.25, 0.3) is 0 Å². The number of fused-ring (bicyclic) bond motifs is 1. The Labute approximate surface area is 131 Å². The van der Waals surface area contributed by atoms with Crippen molar-refractivity contribution in [3.05, 3.63) is 35.9 Å². The number of benzene rings is 1. The van der Waals surface area contributed by atoms with Gasteiger partial charge in [-0.15, -0.1) is 0 Å². The maximum atomic E-state index is 12.5. The smallest absolute Gasteiger partial charge is 0.234 e. The van der Waals surface area contributed by atoms with Gasteiger partial charge in [-0.3, -0.25) is 19.4 Å². The molecule has 5 nitrogen and oxygen atoms in total. The summed E-state index contributed by atoms with van der Waals surface area (Å²) in [5.41, 5.74) is 1.23. The molecule has 2 aliphatic heterocycles. The highest BCUT2D eigenvalue weighted by Crippen LogP contribution is 2.33. The Morgan fingerprint density at radius 2 is 1.64 bits per heavy atom. The molecule has 0 spiro atoms. The largest absolute Gasteiger partial charge is 0.308 e. The van der Waals surface area contributed by atoms with Gasteiger partial charge in [-0.2, -0.15) is 0 Å². The quantitative estimate of drug-likeness (QED) is 0.750. The standard InChI is InChI=1S/C17H23N3O2/c1-18(2)8-9-20-16(21)14-11-19(12-15(14)17(20)22)10-13-6-4-3-5-7-13/h3-7,14-15H,8-12H2,1-2H3/t14-,15+. The average molecular weight is 301 g/mol. The third-order valence-corrected chi connectivity index (χ3v) is 4.58. The minimum Gasteiger partial charge on any atom is -0.308 e. The molecule has 0 bridgehead atoms. The molecule has 2 atom stereocenters. The van der Waals surface area contributed by atoms with Gasteiger partial charge in [0.2, 0.25) is 11.8 Å². The highest BCUT2D eigenvalue weighted by atomic mass is 16.2. The monoisotopic (exact) mass is 301 g/mol. The molecule has 2 aliphatic rings. The number of nitrogens with zero attached hydrogens (tertiary/aromatic N) is 3. The van der Waals surface area contributed by atoms with Crippen LogP contribution in [-0.2, 0) is 16.1 Å². The Morgan fingerprint density at radius 3 is 2.18 bits per heavy atom. The summed E-state index contributed by atoms with van der Waals surface area (Å²) in [5, 5.41) is 0. The third kappa shape index (κ3) is 2.91. The van der Waals surface area contributed by atoms with Crippen molar-refractivity contribution < 1.29 is 9.59 Å². The molecule has 2 fully saturated rings. The SMILES string of the molecule is CN(C)CCN1C(=O)[C@H]2CN(Cc3ccccc3)C[C@H]2C1=O. The molecule has 0 unspecified atom stereocenters. The number of carbonyl (C=O) groups is 2. The molecule has 0 aliphatic carbocycles. The summed E-state index contributed by atoms with van der Waals surface area (Å²) >= 11 is 0. The lowest BCUT2D eigenvalue weighted by atomic mass is 10.00. The predicted molar refractivity (Wildman–Crippen MR) is 84.0 cm³/mol. The predicted octanol–water partition coefficient (Wildman–Crippen LogP) is 0.665. The van der Waals surface area contributed by atoms with Gasteiger partial charge in [-0.05, 0) is 19.7 Å². The molecular formula is C17H23N3O2. The molecule has 1 aromatic carbocycles. The summed E-state index contributed by atoms with van der Waals surface area (Å²) in [4.78, 5) is 30.6. The molecule has 3 rings (SSSR count). The molecule has 0 aromatic heterocycles. The molecule has 0 saturated carbocycles. The Morgan fingerprint density at radius 1 is 1.05 bits per heavy atom. The molecule has 0 N–H and O–H groups in total. The topological polar surface area (TPSA) is 43.9 Å². The van der Waals surface area contributed by atoms with Crippen LogP contribution in [0.15, 0.2) is 30.3 Å². The summed E-state index contributed by atoms with van der Waals surface area (Å²) in [5.74, 6) is -0.239. The first kappa shape index (κ1) is 15.2. The van der Waals surface area contributed by atoms with Crippen molar-refractivity contribution in [1.29, 1.82) is 0 Å². The summed E-state index contributed by atoms with van der Waals surface area (Å²) in [6.45, 7) is 3.44. The Kier molecular flexibility index (Phi) is 4.27. The first-order valence-corrected chi connectivity index (χ1v) is 7.82. The zero-order valence-corrected chi connectivity index (χ0v) is 13.2. The number of carbonyl (C=O) groups excluding carboxylic acids is 2. The molecule has 0 radical (unpaired) electrons. The molecule has 22 heavy (non-hydrogen) atoms. The summed E-state index contributed by atoms with van der Waals surface area (Å²) in [6, 6.07) is 10.2. The summed E-state index contributed by atoms with van der Waals surface area (Å²) < 4.78 is 0. The van der Waals surface area contributed by atoms with Crippen molar-refractivity contribution in [3.8, 4) is 0 Å². The third-order valence-electron chi connectivity index (χ3n) is 4.58. The van der Waals surface area contributed by atoms with Gasteiger partial charge in [0.05, 0.1) is 11.8 Å². The fourth-order valence-corrected chi connectivity index (χ4v) is 3.39. The van der Waals surface area contributed by atoms with E-state index in [4.69, 9.17) is 0 Å². The molecular weight excluding hydrogens is 278 g/mol. The van der Waals surface area contributed by atoms with Crippen LogP contribution in [-0.4, -0.2) is 66.8 Å². The Balaban J connectivity index is 1.62. The van der Waals surface area contributed by atoms with E-state index >= 15 is 0 Å². The zero-order valence-electron chi connectivity index (χ0n) is 13.2. The first-order valence-electron chi connectivity index (χ1n) is 7.82. The summed E-state index contributed by atoms with van der Waals surface area (Å²) in [6.07, 6.45) is 0. The maximum absolute atomic E-state index is 12.5. The van der Waals surface area contributed by atoms with Crippen molar-refractivity contribution in [2.45, 2.75) is 6.54 Å². The van der Waals surface area contributed by atoms with Crippen LogP contribution in [0.2, 0.25) is 0 Å².